The van der Waals surface area contributed by atoms with Crippen LogP contribution in [0.4, 0.5) is 5.69 Å². The van der Waals surface area contributed by atoms with Crippen LogP contribution in [-0.2, 0) is 9.26 Å². The van der Waals surface area contributed by atoms with Crippen LogP contribution in [0.3, 0.4) is 0 Å². The second-order valence-corrected chi connectivity index (χ2v) is 7.95. The summed E-state index contributed by atoms with van der Waals surface area (Å²) in [5.41, 5.74) is 5.03. The minimum Gasteiger partial charge on any atom is -0.378 e. The molecular formula is C23H30N3O2P. The third-order valence-corrected chi connectivity index (χ3v) is 6.10. The molecule has 2 aliphatic heterocycles. The fraction of sp³-hybridized carbons (Fsp3) is 0.435. The van der Waals surface area contributed by atoms with Gasteiger partial charge in [0, 0.05) is 53.7 Å². The molecule has 0 radical (unpaired) electrons. The lowest BCUT2D eigenvalue weighted by Crippen LogP contribution is -2.49. The number of para-hydroxylation sites is 1. The van der Waals surface area contributed by atoms with E-state index in [0.717, 1.165) is 50.9 Å². The van der Waals surface area contributed by atoms with Crippen LogP contribution in [0.1, 0.15) is 29.5 Å². The zero-order valence-electron chi connectivity index (χ0n) is 17.1. The molecule has 2 unspecified atom stereocenters. The van der Waals surface area contributed by atoms with Gasteiger partial charge in [0.2, 0.25) is 0 Å². The highest BCUT2D eigenvalue weighted by molar-refractivity contribution is 7.09. The molecule has 2 heterocycles. The minimum atomic E-state index is 0.340. The van der Waals surface area contributed by atoms with Crippen molar-refractivity contribution >= 4 is 21.0 Å². The Morgan fingerprint density at radius 2 is 1.66 bits per heavy atom. The Labute approximate surface area is 176 Å². The molecule has 2 aromatic carbocycles. The van der Waals surface area contributed by atoms with Crippen LogP contribution >= 0.6 is 9.47 Å². The highest BCUT2D eigenvalue weighted by Crippen LogP contribution is 2.37. The van der Waals surface area contributed by atoms with Crippen molar-refractivity contribution in [2.45, 2.75) is 12.8 Å². The molecule has 2 aromatic rings. The zero-order valence-corrected chi connectivity index (χ0v) is 18.2. The Balaban J connectivity index is 1.48. The third-order valence-electron chi connectivity index (χ3n) is 5.87. The maximum absolute atomic E-state index is 5.62. The molecule has 154 valence electrons. The number of fused-ring (bicyclic) bond motifs is 2. The molecular weight excluding hydrogens is 381 g/mol. The number of rotatable bonds is 6. The van der Waals surface area contributed by atoms with Crippen molar-refractivity contribution in [3.8, 4) is 0 Å². The van der Waals surface area contributed by atoms with Crippen molar-refractivity contribution in [3.05, 3.63) is 65.2 Å². The second kappa shape index (κ2) is 9.82. The fourth-order valence-corrected chi connectivity index (χ4v) is 4.30. The lowest BCUT2D eigenvalue weighted by Gasteiger charge is -2.36. The van der Waals surface area contributed by atoms with Gasteiger partial charge in [-0.1, -0.05) is 49.4 Å². The van der Waals surface area contributed by atoms with E-state index in [0.29, 0.717) is 19.1 Å². The van der Waals surface area contributed by atoms with Crippen molar-refractivity contribution in [2.75, 3.05) is 52.5 Å². The molecule has 4 rings (SSSR count). The molecule has 1 fully saturated rings. The van der Waals surface area contributed by atoms with Crippen LogP contribution in [0.2, 0.25) is 0 Å². The second-order valence-electron chi connectivity index (χ2n) is 7.62. The van der Waals surface area contributed by atoms with E-state index >= 15 is 0 Å². The summed E-state index contributed by atoms with van der Waals surface area (Å²) in [6.45, 7) is 9.31. The SMILES string of the molecule is CC1c2ccccc2N=C(N2CCN(CCOCCOP)CC2)c2ccccc21. The molecule has 6 heteroatoms. The van der Waals surface area contributed by atoms with E-state index < -0.39 is 0 Å². The van der Waals surface area contributed by atoms with E-state index in [9.17, 15) is 0 Å². The van der Waals surface area contributed by atoms with E-state index in [1.165, 1.54) is 16.7 Å². The van der Waals surface area contributed by atoms with Gasteiger partial charge in [-0.25, -0.2) is 4.99 Å². The molecule has 2 aliphatic rings. The number of amidine groups is 1. The maximum atomic E-state index is 5.62. The van der Waals surface area contributed by atoms with Crippen molar-refractivity contribution in [1.82, 2.24) is 9.80 Å². The minimum absolute atomic E-state index is 0.340. The van der Waals surface area contributed by atoms with E-state index in [2.05, 4.69) is 74.7 Å². The summed E-state index contributed by atoms with van der Waals surface area (Å²) in [7, 11) is 2.26. The summed E-state index contributed by atoms with van der Waals surface area (Å²) in [5, 5.41) is 0. The first-order valence-electron chi connectivity index (χ1n) is 10.4. The van der Waals surface area contributed by atoms with Crippen molar-refractivity contribution in [2.24, 2.45) is 4.99 Å². The normalized spacial score (nSPS) is 19.3. The standard InChI is InChI=1S/C23H30N3O2P/c1-18-19-6-2-3-8-21(19)23(24-22-9-5-4-7-20(18)22)26-12-10-25(11-13-26)14-15-27-16-17-28-29/h2-9,18H,10-17,29H2,1H3. The Morgan fingerprint density at radius 3 is 2.45 bits per heavy atom. The van der Waals surface area contributed by atoms with Gasteiger partial charge < -0.3 is 14.2 Å². The van der Waals surface area contributed by atoms with Gasteiger partial charge in [-0.15, -0.1) is 0 Å². The van der Waals surface area contributed by atoms with Crippen LogP contribution in [0.15, 0.2) is 53.5 Å². The molecule has 2 atom stereocenters. The molecule has 0 saturated carbocycles. The first-order chi connectivity index (χ1) is 14.3. The Hall–Kier alpha value is -1.78. The van der Waals surface area contributed by atoms with Crippen LogP contribution in [-0.4, -0.2) is 68.2 Å². The zero-order chi connectivity index (χ0) is 20.1. The molecule has 0 N–H and O–H groups in total. The van der Waals surface area contributed by atoms with E-state index in [1.807, 2.05) is 0 Å². The molecule has 5 nitrogen and oxygen atoms in total. The van der Waals surface area contributed by atoms with Crippen molar-refractivity contribution in [3.63, 3.8) is 0 Å². The lowest BCUT2D eigenvalue weighted by molar-refractivity contribution is 0.0738. The van der Waals surface area contributed by atoms with Gasteiger partial charge in [-0.2, -0.15) is 0 Å². The first-order valence-corrected chi connectivity index (χ1v) is 10.9. The van der Waals surface area contributed by atoms with Gasteiger partial charge in [-0.05, 0) is 17.2 Å². The monoisotopic (exact) mass is 411 g/mol. The van der Waals surface area contributed by atoms with Gasteiger partial charge in [0.25, 0.3) is 0 Å². The average molecular weight is 411 g/mol. The van der Waals surface area contributed by atoms with Crippen LogP contribution < -0.4 is 0 Å². The van der Waals surface area contributed by atoms with Crippen LogP contribution in [0.5, 0.6) is 0 Å². The third kappa shape index (κ3) is 4.70. The lowest BCUT2D eigenvalue weighted by atomic mass is 9.89. The Kier molecular flexibility index (Phi) is 6.94. The molecule has 29 heavy (non-hydrogen) atoms. The van der Waals surface area contributed by atoms with Gasteiger partial charge in [0.15, 0.2) is 0 Å². The smallest absolute Gasteiger partial charge is 0.136 e. The van der Waals surface area contributed by atoms with Crippen molar-refractivity contribution < 1.29 is 9.26 Å². The fourth-order valence-electron chi connectivity index (χ4n) is 4.20. The molecule has 0 aliphatic carbocycles. The predicted octanol–water partition coefficient (Wildman–Crippen LogP) is 3.67. The number of nitrogens with zero attached hydrogens (tertiary/aromatic N) is 3. The largest absolute Gasteiger partial charge is 0.378 e. The number of hydrogen-bond donors (Lipinski definition) is 0. The molecule has 1 saturated heterocycles. The highest BCUT2D eigenvalue weighted by Gasteiger charge is 2.27. The summed E-state index contributed by atoms with van der Waals surface area (Å²) < 4.78 is 10.6. The number of benzene rings is 2. The van der Waals surface area contributed by atoms with Crippen molar-refractivity contribution in [1.29, 1.82) is 0 Å². The summed E-state index contributed by atoms with van der Waals surface area (Å²) in [5.74, 6) is 1.46. The number of ether oxygens (including phenoxy) is 1. The molecule has 0 bridgehead atoms. The Bertz CT molecular complexity index is 850. The topological polar surface area (TPSA) is 37.3 Å². The summed E-state index contributed by atoms with van der Waals surface area (Å²) in [6.07, 6.45) is 0. The molecule has 0 spiro atoms. The highest BCUT2D eigenvalue weighted by atomic mass is 31.0. The van der Waals surface area contributed by atoms with Gasteiger partial charge in [0.05, 0.1) is 25.5 Å². The van der Waals surface area contributed by atoms with Gasteiger partial charge >= 0.3 is 0 Å². The molecule has 0 amide bonds. The number of hydrogen-bond acceptors (Lipinski definition) is 5. The van der Waals surface area contributed by atoms with Crippen LogP contribution in [0.25, 0.3) is 0 Å². The number of aliphatic imine (C=N–C) groups is 1. The van der Waals surface area contributed by atoms with E-state index in [1.54, 1.807) is 0 Å². The van der Waals surface area contributed by atoms with E-state index in [-0.39, 0.29) is 0 Å². The maximum Gasteiger partial charge on any atom is 0.136 e. The first kappa shape index (κ1) is 20.5. The summed E-state index contributed by atoms with van der Waals surface area (Å²) in [4.78, 5) is 10.1. The van der Waals surface area contributed by atoms with E-state index in [4.69, 9.17) is 14.3 Å². The van der Waals surface area contributed by atoms with Gasteiger partial charge in [0.1, 0.15) is 5.84 Å². The molecule has 0 aromatic heterocycles. The van der Waals surface area contributed by atoms with Gasteiger partial charge in [-0.3, -0.25) is 4.90 Å². The summed E-state index contributed by atoms with van der Waals surface area (Å²) >= 11 is 0. The quantitative estimate of drug-likeness (QED) is 0.537. The predicted molar refractivity (Wildman–Crippen MR) is 121 cm³/mol. The Morgan fingerprint density at radius 1 is 0.931 bits per heavy atom. The average Bonchev–Trinajstić information content (AvgIpc) is 2.89. The number of piperazine rings is 1. The summed E-state index contributed by atoms with van der Waals surface area (Å²) in [6, 6.07) is 17.3. The van der Waals surface area contributed by atoms with Crippen LogP contribution in [0, 0.1) is 0 Å².